The second kappa shape index (κ2) is 9.75. The topological polar surface area (TPSA) is 91.6 Å². The minimum atomic E-state index is -0.678. The van der Waals surface area contributed by atoms with Gasteiger partial charge in [-0.05, 0) is 31.2 Å². The molecule has 2 N–H and O–H groups in total. The van der Waals surface area contributed by atoms with E-state index >= 15 is 0 Å². The number of hydrogen-bond donors (Lipinski definition) is 2. The number of aliphatic hydroxyl groups excluding tert-OH is 1. The fourth-order valence-electron chi connectivity index (χ4n) is 1.57. The quantitative estimate of drug-likeness (QED) is 0.517. The molecule has 6 nitrogen and oxygen atoms in total. The van der Waals surface area contributed by atoms with E-state index in [-0.39, 0.29) is 19.0 Å². The molecule has 1 rings (SSSR count). The van der Waals surface area contributed by atoms with Gasteiger partial charge in [0.05, 0.1) is 24.7 Å². The van der Waals surface area contributed by atoms with Crippen LogP contribution in [-0.2, 0) is 9.53 Å². The lowest BCUT2D eigenvalue weighted by Crippen LogP contribution is -2.32. The molecule has 0 fully saturated rings. The molecule has 1 aromatic carbocycles. The summed E-state index contributed by atoms with van der Waals surface area (Å²) >= 11 is 0. The van der Waals surface area contributed by atoms with Crippen molar-refractivity contribution >= 4 is 5.97 Å². The third-order valence-electron chi connectivity index (χ3n) is 2.62. The van der Waals surface area contributed by atoms with Gasteiger partial charge in [0.15, 0.2) is 0 Å². The molecule has 1 atom stereocenters. The van der Waals surface area contributed by atoms with E-state index in [0.29, 0.717) is 31.0 Å². The summed E-state index contributed by atoms with van der Waals surface area (Å²) < 4.78 is 10.2. The molecule has 114 valence electrons. The van der Waals surface area contributed by atoms with Crippen LogP contribution in [0.3, 0.4) is 0 Å². The van der Waals surface area contributed by atoms with Crippen molar-refractivity contribution < 1.29 is 19.4 Å². The van der Waals surface area contributed by atoms with Crippen molar-refractivity contribution in [1.29, 1.82) is 5.26 Å². The van der Waals surface area contributed by atoms with Gasteiger partial charge < -0.3 is 19.9 Å². The maximum Gasteiger partial charge on any atom is 0.307 e. The number of esters is 1. The Morgan fingerprint density at radius 3 is 2.76 bits per heavy atom. The van der Waals surface area contributed by atoms with Crippen LogP contribution in [0.5, 0.6) is 5.75 Å². The molecule has 0 saturated carbocycles. The summed E-state index contributed by atoms with van der Waals surface area (Å²) in [5.74, 6) is 0.341. The monoisotopic (exact) mass is 292 g/mol. The van der Waals surface area contributed by atoms with Gasteiger partial charge in [-0.15, -0.1) is 0 Å². The summed E-state index contributed by atoms with van der Waals surface area (Å²) in [7, 11) is 0. The summed E-state index contributed by atoms with van der Waals surface area (Å²) in [6.45, 7) is 3.05. The first-order chi connectivity index (χ1) is 10.2. The van der Waals surface area contributed by atoms with Gasteiger partial charge in [0.1, 0.15) is 18.5 Å². The van der Waals surface area contributed by atoms with E-state index in [1.165, 1.54) is 0 Å². The molecule has 0 spiro atoms. The Kier molecular flexibility index (Phi) is 7.87. The number of nitriles is 1. The number of aliphatic hydroxyl groups is 1. The van der Waals surface area contributed by atoms with E-state index in [0.717, 1.165) is 0 Å². The van der Waals surface area contributed by atoms with Gasteiger partial charge in [-0.3, -0.25) is 4.79 Å². The number of rotatable bonds is 9. The van der Waals surface area contributed by atoms with Crippen LogP contribution in [0.2, 0.25) is 0 Å². The predicted octanol–water partition coefficient (Wildman–Crippen LogP) is 0.841. The first-order valence-electron chi connectivity index (χ1n) is 6.83. The lowest BCUT2D eigenvalue weighted by Gasteiger charge is -2.13. The zero-order chi connectivity index (χ0) is 15.5. The summed E-state index contributed by atoms with van der Waals surface area (Å²) in [6, 6.07) is 8.68. The fraction of sp³-hybridized carbons (Fsp3) is 0.467. The molecule has 0 amide bonds. The average molecular weight is 292 g/mol. The molecule has 1 unspecified atom stereocenters. The lowest BCUT2D eigenvalue weighted by molar-refractivity contribution is -0.143. The molecule has 0 heterocycles. The van der Waals surface area contributed by atoms with Gasteiger partial charge in [-0.2, -0.15) is 5.26 Å². The molecule has 0 bridgehead atoms. The summed E-state index contributed by atoms with van der Waals surface area (Å²) in [5, 5.41) is 21.3. The van der Waals surface area contributed by atoms with Gasteiger partial charge in [0, 0.05) is 13.1 Å². The average Bonchev–Trinajstić information content (AvgIpc) is 2.50. The second-order valence-corrected chi connectivity index (χ2v) is 4.36. The van der Waals surface area contributed by atoms with Crippen LogP contribution in [-0.4, -0.2) is 43.5 Å². The molecule has 6 heteroatoms. The summed E-state index contributed by atoms with van der Waals surface area (Å²) in [6.07, 6.45) is -0.403. The number of ether oxygens (including phenoxy) is 2. The molecule has 0 saturated heterocycles. The minimum Gasteiger partial charge on any atom is -0.491 e. The highest BCUT2D eigenvalue weighted by Crippen LogP contribution is 2.11. The van der Waals surface area contributed by atoms with Crippen LogP contribution in [0.25, 0.3) is 0 Å². The Balaban J connectivity index is 2.14. The second-order valence-electron chi connectivity index (χ2n) is 4.36. The maximum absolute atomic E-state index is 11.1. The highest BCUT2D eigenvalue weighted by Gasteiger charge is 2.06. The van der Waals surface area contributed by atoms with Crippen molar-refractivity contribution in [3.05, 3.63) is 29.8 Å². The largest absolute Gasteiger partial charge is 0.491 e. The zero-order valence-corrected chi connectivity index (χ0v) is 12.0. The maximum atomic E-state index is 11.1. The SMILES string of the molecule is CCOC(=O)CCNCC(O)COc1ccc(C#N)cc1. The molecule has 0 aliphatic rings. The van der Waals surface area contributed by atoms with Crippen LogP contribution in [0.4, 0.5) is 0 Å². The summed E-state index contributed by atoms with van der Waals surface area (Å²) in [5.41, 5.74) is 0.559. The van der Waals surface area contributed by atoms with E-state index in [4.69, 9.17) is 14.7 Å². The molecule has 0 aliphatic carbocycles. The zero-order valence-electron chi connectivity index (χ0n) is 12.0. The number of hydrogen-bond acceptors (Lipinski definition) is 6. The lowest BCUT2D eigenvalue weighted by atomic mass is 10.2. The van der Waals surface area contributed by atoms with Crippen LogP contribution >= 0.6 is 0 Å². The Morgan fingerprint density at radius 1 is 1.43 bits per heavy atom. The minimum absolute atomic E-state index is 0.137. The Bertz CT molecular complexity index is 468. The first-order valence-corrected chi connectivity index (χ1v) is 6.83. The van der Waals surface area contributed by atoms with Crippen LogP contribution in [0.1, 0.15) is 18.9 Å². The Morgan fingerprint density at radius 2 is 2.14 bits per heavy atom. The highest BCUT2D eigenvalue weighted by molar-refractivity contribution is 5.69. The molecule has 1 aromatic rings. The normalized spacial score (nSPS) is 11.5. The van der Waals surface area contributed by atoms with Crippen LogP contribution < -0.4 is 10.1 Å². The smallest absolute Gasteiger partial charge is 0.307 e. The van der Waals surface area contributed by atoms with Crippen molar-refractivity contribution in [2.75, 3.05) is 26.3 Å². The summed E-state index contributed by atoms with van der Waals surface area (Å²) in [4.78, 5) is 11.1. The predicted molar refractivity (Wildman–Crippen MR) is 76.8 cm³/mol. The molecular weight excluding hydrogens is 272 g/mol. The van der Waals surface area contributed by atoms with E-state index in [1.807, 2.05) is 6.07 Å². The third-order valence-corrected chi connectivity index (χ3v) is 2.62. The molecule has 21 heavy (non-hydrogen) atoms. The van der Waals surface area contributed by atoms with Gasteiger partial charge >= 0.3 is 5.97 Å². The third kappa shape index (κ3) is 7.30. The number of nitrogens with zero attached hydrogens (tertiary/aromatic N) is 1. The number of carbonyl (C=O) groups excluding carboxylic acids is 1. The number of nitrogens with one attached hydrogen (secondary N) is 1. The van der Waals surface area contributed by atoms with E-state index in [9.17, 15) is 9.90 Å². The van der Waals surface area contributed by atoms with Gasteiger partial charge in [0.2, 0.25) is 0 Å². The van der Waals surface area contributed by atoms with Crippen LogP contribution in [0.15, 0.2) is 24.3 Å². The Labute approximate surface area is 124 Å². The standard InChI is InChI=1S/C15H20N2O4/c1-2-20-15(19)7-8-17-10-13(18)11-21-14-5-3-12(9-16)4-6-14/h3-6,13,17-18H,2,7-8,10-11H2,1H3. The Hall–Kier alpha value is -2.10. The van der Waals surface area contributed by atoms with Gasteiger partial charge in [-0.1, -0.05) is 0 Å². The van der Waals surface area contributed by atoms with E-state index < -0.39 is 6.10 Å². The first kappa shape index (κ1) is 17.0. The molecule has 0 aromatic heterocycles. The van der Waals surface area contributed by atoms with Gasteiger partial charge in [0.25, 0.3) is 0 Å². The molecule has 0 aliphatic heterocycles. The van der Waals surface area contributed by atoms with Crippen molar-refractivity contribution in [1.82, 2.24) is 5.32 Å². The van der Waals surface area contributed by atoms with Gasteiger partial charge in [-0.25, -0.2) is 0 Å². The van der Waals surface area contributed by atoms with Crippen molar-refractivity contribution in [3.63, 3.8) is 0 Å². The number of carbonyl (C=O) groups is 1. The molecular formula is C15H20N2O4. The van der Waals surface area contributed by atoms with E-state index in [1.54, 1.807) is 31.2 Å². The van der Waals surface area contributed by atoms with Crippen molar-refractivity contribution in [2.24, 2.45) is 0 Å². The fourth-order valence-corrected chi connectivity index (χ4v) is 1.57. The van der Waals surface area contributed by atoms with Crippen molar-refractivity contribution in [3.8, 4) is 11.8 Å². The highest BCUT2D eigenvalue weighted by atomic mass is 16.5. The van der Waals surface area contributed by atoms with Crippen LogP contribution in [0, 0.1) is 11.3 Å². The van der Waals surface area contributed by atoms with Crippen molar-refractivity contribution in [2.45, 2.75) is 19.4 Å². The molecule has 0 radical (unpaired) electrons. The number of benzene rings is 1. The van der Waals surface area contributed by atoms with E-state index in [2.05, 4.69) is 5.32 Å².